The van der Waals surface area contributed by atoms with Crippen LogP contribution in [0, 0.1) is 6.92 Å². The van der Waals surface area contributed by atoms with Crippen LogP contribution in [-0.2, 0) is 17.1 Å². The number of ether oxygens (including phenoxy) is 2. The van der Waals surface area contributed by atoms with E-state index >= 15 is 0 Å². The third-order valence-corrected chi connectivity index (χ3v) is 5.03. The molecule has 0 aliphatic heterocycles. The molecular formula is C16H16F7N3O4S. The second-order valence-electron chi connectivity index (χ2n) is 6.31. The van der Waals surface area contributed by atoms with Gasteiger partial charge in [-0.25, -0.2) is 17.2 Å². The summed E-state index contributed by atoms with van der Waals surface area (Å²) < 4.78 is 125. The molecule has 31 heavy (non-hydrogen) atoms. The Morgan fingerprint density at radius 3 is 2.06 bits per heavy atom. The first kappa shape index (κ1) is 24.6. The molecule has 7 nitrogen and oxygen atoms in total. The number of benzene rings is 1. The van der Waals surface area contributed by atoms with E-state index in [0.29, 0.717) is 0 Å². The number of rotatable bonds is 9. The number of halogens is 7. The molecule has 15 heteroatoms. The lowest BCUT2D eigenvalue weighted by molar-refractivity contribution is -0.153. The van der Waals surface area contributed by atoms with E-state index in [1.54, 1.807) is 0 Å². The van der Waals surface area contributed by atoms with Crippen molar-refractivity contribution in [2.24, 2.45) is 7.05 Å². The number of hydrogen-bond donors (Lipinski definition) is 1. The summed E-state index contributed by atoms with van der Waals surface area (Å²) in [5.74, 6) is -5.77. The normalized spacial score (nSPS) is 12.8. The second kappa shape index (κ2) is 8.80. The molecule has 0 bridgehead atoms. The predicted molar refractivity (Wildman–Crippen MR) is 93.2 cm³/mol. The fourth-order valence-corrected chi connectivity index (χ4v) is 3.52. The SMILES string of the molecule is Cc1nn(C)cc1S(=O)(=O)Nc1cc(OCC(F)(F)F)cc(OCC(F)(F)C(F)F)c1. The number of anilines is 1. The highest BCUT2D eigenvalue weighted by Gasteiger charge is 2.41. The van der Waals surface area contributed by atoms with Crippen LogP contribution in [0.1, 0.15) is 5.69 Å². The molecule has 1 N–H and O–H groups in total. The van der Waals surface area contributed by atoms with Gasteiger partial charge in [0.05, 0.1) is 11.4 Å². The average molecular weight is 479 g/mol. The lowest BCUT2D eigenvalue weighted by Gasteiger charge is -2.18. The largest absolute Gasteiger partial charge is 0.487 e. The molecule has 1 aromatic heterocycles. The number of sulfonamides is 1. The van der Waals surface area contributed by atoms with Crippen LogP contribution in [0.15, 0.2) is 29.3 Å². The Kier molecular flexibility index (Phi) is 6.97. The van der Waals surface area contributed by atoms with Gasteiger partial charge in [-0.05, 0) is 6.92 Å². The predicted octanol–water partition coefficient (Wildman–Crippen LogP) is 3.75. The van der Waals surface area contributed by atoms with Gasteiger partial charge in [-0.15, -0.1) is 0 Å². The Bertz CT molecular complexity index is 1020. The van der Waals surface area contributed by atoms with Gasteiger partial charge in [0.1, 0.15) is 16.4 Å². The van der Waals surface area contributed by atoms with Crippen molar-refractivity contribution in [3.05, 3.63) is 30.1 Å². The number of hydrogen-bond acceptors (Lipinski definition) is 5. The van der Waals surface area contributed by atoms with E-state index < -0.39 is 58.9 Å². The number of nitrogens with zero attached hydrogens (tertiary/aromatic N) is 2. The van der Waals surface area contributed by atoms with Crippen LogP contribution in [0.2, 0.25) is 0 Å². The van der Waals surface area contributed by atoms with E-state index in [9.17, 15) is 39.2 Å². The first-order valence-corrected chi connectivity index (χ1v) is 9.74. The van der Waals surface area contributed by atoms with E-state index in [1.165, 1.54) is 18.7 Å². The Balaban J connectivity index is 2.35. The highest BCUT2D eigenvalue weighted by atomic mass is 32.2. The van der Waals surface area contributed by atoms with E-state index in [1.807, 2.05) is 4.72 Å². The van der Waals surface area contributed by atoms with Gasteiger partial charge in [-0.1, -0.05) is 0 Å². The zero-order valence-corrected chi connectivity index (χ0v) is 16.7. The zero-order chi connectivity index (χ0) is 23.6. The maximum atomic E-state index is 13.1. The summed E-state index contributed by atoms with van der Waals surface area (Å²) in [5.41, 5.74) is -0.314. The number of alkyl halides is 7. The highest BCUT2D eigenvalue weighted by molar-refractivity contribution is 7.92. The molecule has 0 spiro atoms. The summed E-state index contributed by atoms with van der Waals surface area (Å²) in [6, 6.07) is 2.39. The Hall–Kier alpha value is -2.71. The van der Waals surface area contributed by atoms with Gasteiger partial charge < -0.3 is 9.47 Å². The summed E-state index contributed by atoms with van der Waals surface area (Å²) in [4.78, 5) is -0.261. The molecule has 174 valence electrons. The number of nitrogens with one attached hydrogen (secondary N) is 1. The quantitative estimate of drug-likeness (QED) is 0.554. The Morgan fingerprint density at radius 2 is 1.61 bits per heavy atom. The molecule has 2 aromatic rings. The molecule has 0 radical (unpaired) electrons. The van der Waals surface area contributed by atoms with Crippen LogP contribution in [-0.4, -0.2) is 49.9 Å². The summed E-state index contributed by atoms with van der Waals surface area (Å²) >= 11 is 0. The van der Waals surface area contributed by atoms with Crippen molar-refractivity contribution in [3.63, 3.8) is 0 Å². The van der Waals surface area contributed by atoms with Crippen LogP contribution in [0.25, 0.3) is 0 Å². The lowest BCUT2D eigenvalue weighted by Crippen LogP contribution is -2.33. The third kappa shape index (κ3) is 6.90. The maximum Gasteiger partial charge on any atom is 0.422 e. The van der Waals surface area contributed by atoms with Crippen molar-refractivity contribution in [3.8, 4) is 11.5 Å². The van der Waals surface area contributed by atoms with Gasteiger partial charge in [0.25, 0.3) is 10.0 Å². The fourth-order valence-electron chi connectivity index (χ4n) is 2.26. The van der Waals surface area contributed by atoms with Crippen LogP contribution in [0.4, 0.5) is 36.4 Å². The number of aromatic nitrogens is 2. The number of aryl methyl sites for hydroxylation is 2. The minimum absolute atomic E-state index is 0.104. The fraction of sp³-hybridized carbons (Fsp3) is 0.438. The maximum absolute atomic E-state index is 13.1. The second-order valence-corrected chi connectivity index (χ2v) is 7.96. The van der Waals surface area contributed by atoms with Gasteiger partial charge >= 0.3 is 18.5 Å². The molecule has 0 amide bonds. The average Bonchev–Trinajstić information content (AvgIpc) is 2.96. The van der Waals surface area contributed by atoms with Crippen molar-refractivity contribution >= 4 is 15.7 Å². The van der Waals surface area contributed by atoms with Gasteiger partial charge in [-0.3, -0.25) is 9.40 Å². The van der Waals surface area contributed by atoms with Crippen LogP contribution in [0.5, 0.6) is 11.5 Å². The van der Waals surface area contributed by atoms with Gasteiger partial charge in [-0.2, -0.15) is 27.1 Å². The van der Waals surface area contributed by atoms with E-state index in [0.717, 1.165) is 24.4 Å². The minimum atomic E-state index is -4.76. The first-order valence-electron chi connectivity index (χ1n) is 8.25. The van der Waals surface area contributed by atoms with Crippen LogP contribution < -0.4 is 14.2 Å². The van der Waals surface area contributed by atoms with Crippen LogP contribution >= 0.6 is 0 Å². The summed E-state index contributed by atoms with van der Waals surface area (Å²) in [5, 5.41) is 3.85. The topological polar surface area (TPSA) is 82.5 Å². The molecule has 0 saturated heterocycles. The molecule has 0 atom stereocenters. The lowest BCUT2D eigenvalue weighted by atomic mass is 10.3. The highest BCUT2D eigenvalue weighted by Crippen LogP contribution is 2.31. The van der Waals surface area contributed by atoms with Gasteiger partial charge in [0, 0.05) is 31.4 Å². The first-order chi connectivity index (χ1) is 14.1. The molecule has 1 heterocycles. The van der Waals surface area contributed by atoms with Crippen molar-refractivity contribution < 1.29 is 48.6 Å². The smallest absolute Gasteiger partial charge is 0.422 e. The molecule has 0 saturated carbocycles. The van der Waals surface area contributed by atoms with Crippen molar-refractivity contribution in [1.29, 1.82) is 0 Å². The summed E-state index contributed by atoms with van der Waals surface area (Å²) in [6.45, 7) is -2.20. The molecule has 0 fully saturated rings. The van der Waals surface area contributed by atoms with Crippen molar-refractivity contribution in [2.45, 2.75) is 30.3 Å². The minimum Gasteiger partial charge on any atom is -0.487 e. The molecule has 0 aliphatic rings. The Labute approximate surface area is 171 Å². The van der Waals surface area contributed by atoms with Crippen molar-refractivity contribution in [1.82, 2.24) is 9.78 Å². The summed E-state index contributed by atoms with van der Waals surface area (Å²) in [7, 11) is -2.84. The van der Waals surface area contributed by atoms with Crippen molar-refractivity contribution in [2.75, 3.05) is 17.9 Å². The van der Waals surface area contributed by atoms with E-state index in [2.05, 4.69) is 14.6 Å². The van der Waals surface area contributed by atoms with E-state index in [-0.39, 0.29) is 10.6 Å². The van der Waals surface area contributed by atoms with E-state index in [4.69, 9.17) is 0 Å². The molecule has 2 rings (SSSR count). The van der Waals surface area contributed by atoms with Gasteiger partial charge in [0.2, 0.25) is 0 Å². The standard InChI is InChI=1S/C16H16F7N3O4S/c1-9-13(6-26(2)24-9)31(27,28)25-10-3-11(29-7-15(19,20)14(17)18)5-12(4-10)30-8-16(21,22)23/h3-6,14,25H,7-8H2,1-2H3. The van der Waals surface area contributed by atoms with Crippen LogP contribution in [0.3, 0.4) is 0 Å². The summed E-state index contributed by atoms with van der Waals surface area (Å²) in [6.07, 6.45) is -7.65. The van der Waals surface area contributed by atoms with Gasteiger partial charge in [0.15, 0.2) is 13.2 Å². The Morgan fingerprint density at radius 1 is 1.06 bits per heavy atom. The monoisotopic (exact) mass is 479 g/mol. The zero-order valence-electron chi connectivity index (χ0n) is 15.9. The third-order valence-electron chi connectivity index (χ3n) is 3.54. The molecule has 1 aromatic carbocycles. The molecule has 0 aliphatic carbocycles. The molecule has 0 unspecified atom stereocenters. The molecular weight excluding hydrogens is 463 g/mol.